The van der Waals surface area contributed by atoms with E-state index in [-0.39, 0.29) is 5.78 Å². The van der Waals surface area contributed by atoms with Gasteiger partial charge in [-0.1, -0.05) is 36.4 Å². The summed E-state index contributed by atoms with van der Waals surface area (Å²) in [5.41, 5.74) is 0.540. The monoisotopic (exact) mass is 378 g/mol. The number of Topliss-reactive ketones (excluding diaryl/α,β-unsaturated/α-hetero) is 1. The van der Waals surface area contributed by atoms with Crippen molar-refractivity contribution in [3.63, 3.8) is 0 Å². The molecule has 142 valence electrons. The first-order valence-corrected chi connectivity index (χ1v) is 8.92. The van der Waals surface area contributed by atoms with E-state index in [0.717, 1.165) is 32.5 Å². The number of rotatable bonds is 0. The van der Waals surface area contributed by atoms with Crippen LogP contribution in [-0.4, -0.2) is 47.7 Å². The van der Waals surface area contributed by atoms with Crippen molar-refractivity contribution >= 4 is 34.3 Å². The van der Waals surface area contributed by atoms with Gasteiger partial charge in [-0.25, -0.2) is 9.59 Å². The number of benzene rings is 2. The van der Waals surface area contributed by atoms with Crippen molar-refractivity contribution in [1.82, 2.24) is 10.0 Å². The van der Waals surface area contributed by atoms with Gasteiger partial charge in [0.25, 0.3) is 0 Å². The van der Waals surface area contributed by atoms with E-state index in [4.69, 9.17) is 9.47 Å². The Hall–Kier alpha value is -3.35. The highest BCUT2D eigenvalue weighted by Gasteiger charge is 2.82. The van der Waals surface area contributed by atoms with Crippen molar-refractivity contribution in [2.75, 3.05) is 14.2 Å². The van der Waals surface area contributed by atoms with Gasteiger partial charge < -0.3 is 9.47 Å². The molecule has 0 N–H and O–H groups in total. The zero-order valence-electron chi connectivity index (χ0n) is 15.9. The highest BCUT2D eigenvalue weighted by Crippen LogP contribution is 2.70. The fourth-order valence-electron chi connectivity index (χ4n) is 5.44. The maximum atomic E-state index is 13.4. The molecule has 2 aromatic rings. The van der Waals surface area contributed by atoms with E-state index in [1.54, 1.807) is 13.8 Å². The minimum Gasteiger partial charge on any atom is -0.451 e. The molecule has 0 bridgehead atoms. The number of amides is 2. The van der Waals surface area contributed by atoms with E-state index >= 15 is 0 Å². The summed E-state index contributed by atoms with van der Waals surface area (Å²) in [4.78, 5) is 38.9. The van der Waals surface area contributed by atoms with E-state index in [9.17, 15) is 14.4 Å². The summed E-state index contributed by atoms with van der Waals surface area (Å²) in [5, 5.41) is 4.31. The number of nitrogens with zero attached hydrogens (tertiary/aromatic N) is 2. The van der Waals surface area contributed by atoms with E-state index < -0.39 is 23.3 Å². The average molecular weight is 378 g/mol. The Bertz CT molecular complexity index is 1150. The lowest BCUT2D eigenvalue weighted by atomic mass is 9.68. The lowest BCUT2D eigenvalue weighted by molar-refractivity contribution is -0.234. The Morgan fingerprint density at radius 2 is 1.57 bits per heavy atom. The number of ether oxygens (including phenoxy) is 2. The predicted octanol–water partition coefficient (Wildman–Crippen LogP) is 3.23. The third kappa shape index (κ3) is 1.38. The van der Waals surface area contributed by atoms with Gasteiger partial charge in [0.15, 0.2) is 16.9 Å². The van der Waals surface area contributed by atoms with Gasteiger partial charge in [-0.15, -0.1) is 0 Å². The van der Waals surface area contributed by atoms with Gasteiger partial charge in [0.05, 0.1) is 14.2 Å². The van der Waals surface area contributed by atoms with Crippen molar-refractivity contribution in [1.29, 1.82) is 0 Å². The number of hydrazine groups is 1. The number of fused-ring (bicyclic) bond motifs is 1. The molecule has 3 aliphatic rings. The van der Waals surface area contributed by atoms with Crippen LogP contribution in [-0.2, 0) is 19.8 Å². The molecule has 7 heteroatoms. The molecular formula is C21H18N2O5. The third-order valence-electron chi connectivity index (χ3n) is 6.42. The molecule has 1 heterocycles. The maximum absolute atomic E-state index is 13.4. The first-order chi connectivity index (χ1) is 13.4. The van der Waals surface area contributed by atoms with Crippen molar-refractivity contribution in [3.05, 3.63) is 53.1 Å². The van der Waals surface area contributed by atoms with Gasteiger partial charge in [-0.05, 0) is 35.7 Å². The topological polar surface area (TPSA) is 76.2 Å². The zero-order valence-corrected chi connectivity index (χ0v) is 15.9. The number of carbonyl (C=O) groups excluding carboxylic acids is 3. The molecule has 1 fully saturated rings. The average Bonchev–Trinajstić information content (AvgIpc) is 3.09. The van der Waals surface area contributed by atoms with E-state index in [2.05, 4.69) is 0 Å². The van der Waals surface area contributed by atoms with Gasteiger partial charge in [0.2, 0.25) is 0 Å². The molecule has 0 saturated carbocycles. The molecule has 5 rings (SSSR count). The minimum atomic E-state index is -1.32. The minimum absolute atomic E-state index is 0.209. The van der Waals surface area contributed by atoms with Crippen LogP contribution >= 0.6 is 0 Å². The number of hydrogen-bond donors (Lipinski definition) is 0. The zero-order chi connectivity index (χ0) is 20.0. The van der Waals surface area contributed by atoms with Gasteiger partial charge in [-0.2, -0.15) is 10.0 Å². The number of methoxy groups -OCH3 is 2. The van der Waals surface area contributed by atoms with Gasteiger partial charge in [0.1, 0.15) is 0 Å². The molecular weight excluding hydrogens is 360 g/mol. The fourth-order valence-corrected chi connectivity index (χ4v) is 5.44. The number of carbonyl (C=O) groups is 3. The molecule has 2 aromatic carbocycles. The van der Waals surface area contributed by atoms with Crippen LogP contribution in [0.5, 0.6) is 0 Å². The van der Waals surface area contributed by atoms with E-state index in [1.807, 2.05) is 36.4 Å². The summed E-state index contributed by atoms with van der Waals surface area (Å²) >= 11 is 0. The van der Waals surface area contributed by atoms with Crippen LogP contribution < -0.4 is 0 Å². The highest BCUT2D eigenvalue weighted by atomic mass is 16.6. The van der Waals surface area contributed by atoms with Crippen LogP contribution in [0.1, 0.15) is 25.0 Å². The number of ketones is 1. The molecule has 2 unspecified atom stereocenters. The second-order valence-electron chi connectivity index (χ2n) is 7.38. The first-order valence-electron chi connectivity index (χ1n) is 8.92. The molecule has 1 aliphatic heterocycles. The quantitative estimate of drug-likeness (QED) is 0.704. The lowest BCUT2D eigenvalue weighted by Crippen LogP contribution is -2.86. The normalized spacial score (nSPS) is 26.9. The Balaban J connectivity index is 1.92. The highest BCUT2D eigenvalue weighted by molar-refractivity contribution is 6.25. The first kappa shape index (κ1) is 16.8. The Morgan fingerprint density at radius 1 is 0.964 bits per heavy atom. The molecule has 2 amide bonds. The van der Waals surface area contributed by atoms with E-state index in [1.165, 1.54) is 19.2 Å². The summed E-state index contributed by atoms with van der Waals surface area (Å²) < 4.78 is 9.90. The van der Waals surface area contributed by atoms with Crippen LogP contribution in [0.15, 0.2) is 42.0 Å². The van der Waals surface area contributed by atoms with Crippen LogP contribution in [0.25, 0.3) is 16.3 Å². The molecule has 28 heavy (non-hydrogen) atoms. The smallest absolute Gasteiger partial charge is 0.430 e. The summed E-state index contributed by atoms with van der Waals surface area (Å²) in [7, 11) is 2.47. The van der Waals surface area contributed by atoms with Crippen molar-refractivity contribution in [2.24, 2.45) is 0 Å². The lowest BCUT2D eigenvalue weighted by Gasteiger charge is -2.65. The molecule has 0 aromatic heterocycles. The van der Waals surface area contributed by atoms with Gasteiger partial charge in [0, 0.05) is 11.1 Å². The van der Waals surface area contributed by atoms with Crippen molar-refractivity contribution in [3.8, 4) is 0 Å². The van der Waals surface area contributed by atoms with E-state index in [0.29, 0.717) is 5.57 Å². The summed E-state index contributed by atoms with van der Waals surface area (Å²) in [6, 6.07) is 11.7. The molecule has 7 nitrogen and oxygen atoms in total. The largest absolute Gasteiger partial charge is 0.451 e. The standard InChI is InChI=1S/C21H18N2O5/c1-11-16-13-9-5-7-12-8-6-10-14(15(12)13)21(16)20(2,17(11)24)22(18(25)27-3)23(21)19(26)28-4/h5-10H,1-4H3. The van der Waals surface area contributed by atoms with Gasteiger partial charge >= 0.3 is 12.2 Å². The van der Waals surface area contributed by atoms with Crippen LogP contribution in [0.3, 0.4) is 0 Å². The SMILES string of the molecule is COC(=O)N1N(C(=O)OC)C23C(=C(C)C(=O)C12C)c1cccc2cccc3c12. The van der Waals surface area contributed by atoms with Crippen LogP contribution in [0, 0.1) is 0 Å². The summed E-state index contributed by atoms with van der Waals surface area (Å²) in [6.07, 6.45) is -1.52. The Kier molecular flexibility index (Phi) is 2.95. The molecule has 2 atom stereocenters. The second kappa shape index (κ2) is 4.92. The van der Waals surface area contributed by atoms with Crippen LogP contribution in [0.2, 0.25) is 0 Å². The second-order valence-corrected chi connectivity index (χ2v) is 7.38. The maximum Gasteiger partial charge on any atom is 0.430 e. The van der Waals surface area contributed by atoms with Crippen molar-refractivity contribution < 1.29 is 23.9 Å². The molecule has 1 saturated heterocycles. The Labute approximate surface area is 161 Å². The number of hydrogen-bond acceptors (Lipinski definition) is 5. The fraction of sp³-hybridized carbons (Fsp3) is 0.286. The molecule has 1 spiro atoms. The Morgan fingerprint density at radius 3 is 2.21 bits per heavy atom. The van der Waals surface area contributed by atoms with Gasteiger partial charge in [-0.3, -0.25) is 4.79 Å². The third-order valence-corrected chi connectivity index (χ3v) is 6.42. The predicted molar refractivity (Wildman–Crippen MR) is 100 cm³/mol. The van der Waals surface area contributed by atoms with Crippen molar-refractivity contribution in [2.45, 2.75) is 24.9 Å². The summed E-state index contributed by atoms with van der Waals surface area (Å²) in [5.74, 6) is -0.209. The molecule has 0 radical (unpaired) electrons. The molecule has 2 aliphatic carbocycles. The summed E-state index contributed by atoms with van der Waals surface area (Å²) in [6.45, 7) is 3.44. The van der Waals surface area contributed by atoms with Crippen LogP contribution in [0.4, 0.5) is 9.59 Å².